The van der Waals surface area contributed by atoms with Crippen LogP contribution in [0.4, 0.5) is 4.39 Å². The van der Waals surface area contributed by atoms with Crippen molar-refractivity contribution in [3.05, 3.63) is 0 Å². The summed E-state index contributed by atoms with van der Waals surface area (Å²) in [6.45, 7) is 0.810. The molecule has 0 unspecified atom stereocenters. The lowest BCUT2D eigenvalue weighted by molar-refractivity contribution is 0.145. The van der Waals surface area contributed by atoms with Crippen LogP contribution in [0.25, 0.3) is 0 Å². The maximum absolute atomic E-state index is 12.1. The molecule has 0 aromatic heterocycles. The van der Waals surface area contributed by atoms with E-state index in [1.165, 1.54) is 0 Å². The average molecular weight is 115 g/mol. The van der Waals surface area contributed by atoms with Crippen LogP contribution in [-0.2, 0) is 0 Å². The predicted octanol–water partition coefficient (Wildman–Crippen LogP) is 0.708. The van der Waals surface area contributed by atoms with E-state index in [1.807, 2.05) is 0 Å². The van der Waals surface area contributed by atoms with Crippen molar-refractivity contribution in [3.63, 3.8) is 0 Å². The fourth-order valence-electron chi connectivity index (χ4n) is 1.79. The zero-order valence-electron chi connectivity index (χ0n) is 4.78. The molecule has 0 spiro atoms. The molecule has 0 aromatic carbocycles. The Bertz CT molecular complexity index is 102. The highest BCUT2D eigenvalue weighted by molar-refractivity contribution is 5.05. The summed E-state index contributed by atoms with van der Waals surface area (Å²) in [5.41, 5.74) is 0.102. The first-order valence-corrected chi connectivity index (χ1v) is 3.14. The fraction of sp³-hybridized carbons (Fsp3) is 1.00. The van der Waals surface area contributed by atoms with Gasteiger partial charge in [0, 0.05) is 18.0 Å². The highest BCUT2D eigenvalue weighted by atomic mass is 19.1. The van der Waals surface area contributed by atoms with E-state index in [4.69, 9.17) is 0 Å². The second-order valence-corrected chi connectivity index (χ2v) is 3.12. The second kappa shape index (κ2) is 1.24. The maximum Gasteiger partial charge on any atom is 0.0963 e. The molecule has 0 atom stereocenters. The van der Waals surface area contributed by atoms with Gasteiger partial charge in [-0.05, 0) is 12.8 Å². The van der Waals surface area contributed by atoms with E-state index in [0.29, 0.717) is 6.04 Å². The van der Waals surface area contributed by atoms with Gasteiger partial charge < -0.3 is 5.32 Å². The number of halogens is 1. The summed E-state index contributed by atoms with van der Waals surface area (Å²) in [6, 6.07) is 0.672. The Morgan fingerprint density at radius 2 is 2.38 bits per heavy atom. The van der Waals surface area contributed by atoms with Crippen LogP contribution in [0.1, 0.15) is 12.8 Å². The van der Waals surface area contributed by atoms with E-state index in [1.54, 1.807) is 0 Å². The van der Waals surface area contributed by atoms with Crippen molar-refractivity contribution in [1.29, 1.82) is 0 Å². The lowest BCUT2D eigenvalue weighted by atomic mass is 9.71. The van der Waals surface area contributed by atoms with Gasteiger partial charge in [0.25, 0.3) is 0 Å². The van der Waals surface area contributed by atoms with Crippen LogP contribution in [0.5, 0.6) is 0 Å². The highest BCUT2D eigenvalue weighted by Gasteiger charge is 2.50. The van der Waals surface area contributed by atoms with Crippen LogP contribution in [0.2, 0.25) is 0 Å². The van der Waals surface area contributed by atoms with Crippen molar-refractivity contribution < 1.29 is 4.39 Å². The van der Waals surface area contributed by atoms with Crippen LogP contribution in [0.15, 0.2) is 0 Å². The molecule has 2 bridgehead atoms. The van der Waals surface area contributed by atoms with Crippen LogP contribution < -0.4 is 5.32 Å². The summed E-state index contributed by atoms with van der Waals surface area (Å²) in [5.74, 6) is 0. The minimum absolute atomic E-state index is 0.102. The molecule has 46 valence electrons. The molecule has 1 aliphatic carbocycles. The Kier molecular flexibility index (Phi) is 0.734. The first kappa shape index (κ1) is 4.74. The van der Waals surface area contributed by atoms with E-state index in [2.05, 4.69) is 5.32 Å². The molecule has 1 N–H and O–H groups in total. The van der Waals surface area contributed by atoms with Gasteiger partial charge >= 0.3 is 0 Å². The van der Waals surface area contributed by atoms with Gasteiger partial charge in [-0.3, -0.25) is 4.39 Å². The number of fused-ring (bicyclic) bond motifs is 1. The second-order valence-electron chi connectivity index (χ2n) is 3.12. The minimum Gasteiger partial charge on any atom is -0.313 e. The molecule has 3 fully saturated rings. The molecule has 1 nitrogen and oxygen atoms in total. The van der Waals surface area contributed by atoms with Crippen molar-refractivity contribution in [2.45, 2.75) is 18.9 Å². The molecule has 3 rings (SSSR count). The molecule has 1 saturated carbocycles. The Hall–Kier alpha value is -0.110. The first-order valence-electron chi connectivity index (χ1n) is 3.14. The summed E-state index contributed by atoms with van der Waals surface area (Å²) in [5, 5.41) is 3.25. The Labute approximate surface area is 48.3 Å². The fourth-order valence-corrected chi connectivity index (χ4v) is 1.79. The summed E-state index contributed by atoms with van der Waals surface area (Å²) in [6.07, 6.45) is 2.17. The topological polar surface area (TPSA) is 12.0 Å². The number of hydrogen-bond donors (Lipinski definition) is 1. The third kappa shape index (κ3) is 0.395. The van der Waals surface area contributed by atoms with E-state index in [-0.39, 0.29) is 12.1 Å². The summed E-state index contributed by atoms with van der Waals surface area (Å²) in [7, 11) is 0. The zero-order chi connectivity index (χ0) is 5.61. The summed E-state index contributed by atoms with van der Waals surface area (Å²) >= 11 is 0. The SMILES string of the molecule is FCC12CNC(C1)C2. The third-order valence-electron chi connectivity index (χ3n) is 2.41. The van der Waals surface area contributed by atoms with Gasteiger partial charge in [0.1, 0.15) is 0 Å². The largest absolute Gasteiger partial charge is 0.313 e. The van der Waals surface area contributed by atoms with Gasteiger partial charge in [-0.2, -0.15) is 0 Å². The van der Waals surface area contributed by atoms with Crippen molar-refractivity contribution in [3.8, 4) is 0 Å². The minimum atomic E-state index is -0.115. The van der Waals surface area contributed by atoms with Gasteiger partial charge in [0.2, 0.25) is 0 Å². The van der Waals surface area contributed by atoms with E-state index >= 15 is 0 Å². The maximum atomic E-state index is 12.1. The van der Waals surface area contributed by atoms with Gasteiger partial charge in [0.05, 0.1) is 6.67 Å². The average Bonchev–Trinajstić information content (AvgIpc) is 2.17. The van der Waals surface area contributed by atoms with Gasteiger partial charge in [-0.25, -0.2) is 0 Å². The van der Waals surface area contributed by atoms with Crippen molar-refractivity contribution >= 4 is 0 Å². The molecule has 8 heavy (non-hydrogen) atoms. The number of hydrogen-bond acceptors (Lipinski definition) is 1. The predicted molar refractivity (Wildman–Crippen MR) is 29.4 cm³/mol. The van der Waals surface area contributed by atoms with Crippen molar-refractivity contribution in [1.82, 2.24) is 5.32 Å². The smallest absolute Gasteiger partial charge is 0.0963 e. The molecule has 2 heterocycles. The zero-order valence-corrected chi connectivity index (χ0v) is 4.78. The Morgan fingerprint density at radius 1 is 1.62 bits per heavy atom. The van der Waals surface area contributed by atoms with E-state index in [0.717, 1.165) is 19.4 Å². The quantitative estimate of drug-likeness (QED) is 0.530. The number of alkyl halides is 1. The lowest BCUT2D eigenvalue weighted by Gasteiger charge is -2.33. The Morgan fingerprint density at radius 3 is 2.62 bits per heavy atom. The van der Waals surface area contributed by atoms with Crippen molar-refractivity contribution in [2.75, 3.05) is 13.2 Å². The number of nitrogens with one attached hydrogen (secondary N) is 1. The van der Waals surface area contributed by atoms with Gasteiger partial charge in [0.15, 0.2) is 0 Å². The lowest BCUT2D eigenvalue weighted by Crippen LogP contribution is -2.35. The third-order valence-corrected chi connectivity index (χ3v) is 2.41. The molecule has 3 aliphatic rings. The molecule has 2 heteroatoms. The van der Waals surface area contributed by atoms with Gasteiger partial charge in [-0.15, -0.1) is 0 Å². The number of rotatable bonds is 1. The molecule has 0 amide bonds. The molecule has 2 aliphatic heterocycles. The highest BCUT2D eigenvalue weighted by Crippen LogP contribution is 2.46. The first-order chi connectivity index (χ1) is 3.85. The van der Waals surface area contributed by atoms with E-state index in [9.17, 15) is 4.39 Å². The van der Waals surface area contributed by atoms with Crippen molar-refractivity contribution in [2.24, 2.45) is 5.41 Å². The molecule has 2 saturated heterocycles. The molecular formula is C6H10FN. The molecular weight excluding hydrogens is 105 g/mol. The van der Waals surface area contributed by atoms with Crippen LogP contribution in [0, 0.1) is 5.41 Å². The standard InChI is InChI=1S/C6H10FN/c7-3-6-1-5(2-6)8-4-6/h5,8H,1-4H2. The van der Waals surface area contributed by atoms with Crippen LogP contribution in [0.3, 0.4) is 0 Å². The summed E-state index contributed by atoms with van der Waals surface area (Å²) < 4.78 is 12.1. The van der Waals surface area contributed by atoms with Crippen LogP contribution in [-0.4, -0.2) is 19.3 Å². The van der Waals surface area contributed by atoms with Gasteiger partial charge in [-0.1, -0.05) is 0 Å². The molecule has 0 aromatic rings. The van der Waals surface area contributed by atoms with Crippen LogP contribution >= 0.6 is 0 Å². The van der Waals surface area contributed by atoms with E-state index < -0.39 is 0 Å². The summed E-state index contributed by atoms with van der Waals surface area (Å²) in [4.78, 5) is 0. The normalized spacial score (nSPS) is 51.4. The monoisotopic (exact) mass is 115 g/mol. The Balaban J connectivity index is 2.09. The molecule has 0 radical (unpaired) electrons.